The fourth-order valence-corrected chi connectivity index (χ4v) is 5.36. The van der Waals surface area contributed by atoms with Gasteiger partial charge in [0.05, 0.1) is 30.9 Å². The van der Waals surface area contributed by atoms with Crippen LogP contribution in [0.1, 0.15) is 5.69 Å². The molecule has 0 atom stereocenters. The van der Waals surface area contributed by atoms with Crippen molar-refractivity contribution in [2.45, 2.75) is 16.3 Å². The van der Waals surface area contributed by atoms with Crippen LogP contribution in [0.4, 0.5) is 15.1 Å². The van der Waals surface area contributed by atoms with Crippen LogP contribution in [0, 0.1) is 0 Å². The maximum atomic E-state index is 12.9. The molecule has 2 N–H and O–H groups in total. The van der Waals surface area contributed by atoms with Gasteiger partial charge in [-0.25, -0.2) is 18.2 Å². The normalized spacial score (nSPS) is 14.1. The second-order valence-corrected chi connectivity index (χ2v) is 8.70. The summed E-state index contributed by atoms with van der Waals surface area (Å²) in [5.41, 5.74) is 0.569. The number of nitrogens with zero attached hydrogens (tertiary/aromatic N) is 5. The molecule has 2 aromatic rings. The summed E-state index contributed by atoms with van der Waals surface area (Å²) in [6.07, 6.45) is 0.468. The number of ether oxygens (including phenoxy) is 2. The lowest BCUT2D eigenvalue weighted by molar-refractivity contribution is 0.256. The minimum Gasteiger partial charge on any atom is -0.481 e. The molecule has 0 radical (unpaired) electrons. The number of aryl methyl sites for hydroxylation is 1. The number of aromatic nitrogens is 4. The number of halogens is 1. The van der Waals surface area contributed by atoms with Crippen molar-refractivity contribution < 1.29 is 27.1 Å². The number of carbonyl (C=O) groups excluding carboxylic acids is 1. The molecule has 0 aliphatic carbocycles. The highest BCUT2D eigenvalue weighted by Gasteiger charge is 2.33. The summed E-state index contributed by atoms with van der Waals surface area (Å²) in [6, 6.07) is 0.309. The molecule has 0 fully saturated rings. The van der Waals surface area contributed by atoms with Crippen LogP contribution in [0.3, 0.4) is 0 Å². The van der Waals surface area contributed by atoms with Crippen molar-refractivity contribution in [3.63, 3.8) is 0 Å². The maximum Gasteiger partial charge on any atom is 0.335 e. The zero-order valence-electron chi connectivity index (χ0n) is 16.4. The molecule has 3 rings (SSSR count). The fourth-order valence-electron chi connectivity index (χ4n) is 2.72. The lowest BCUT2D eigenvalue weighted by Crippen LogP contribution is -2.36. The predicted octanol–water partition coefficient (Wildman–Crippen LogP) is 0.572. The summed E-state index contributed by atoms with van der Waals surface area (Å²) >= 11 is 1.10. The lowest BCUT2D eigenvalue weighted by atomic mass is 10.3. The van der Waals surface area contributed by atoms with Crippen LogP contribution < -0.4 is 19.5 Å². The summed E-state index contributed by atoms with van der Waals surface area (Å²) in [6.45, 7) is 0.137. The van der Waals surface area contributed by atoms with Gasteiger partial charge < -0.3 is 9.47 Å². The highest BCUT2D eigenvalue weighted by molar-refractivity contribution is 7.98. The molecule has 30 heavy (non-hydrogen) atoms. The third kappa shape index (κ3) is 4.73. The molecule has 0 unspecified atom stereocenters. The van der Waals surface area contributed by atoms with E-state index in [1.165, 1.54) is 32.0 Å². The van der Waals surface area contributed by atoms with Crippen LogP contribution in [0.15, 0.2) is 16.0 Å². The number of rotatable bonds is 7. The van der Waals surface area contributed by atoms with Gasteiger partial charge in [0, 0.05) is 26.6 Å². The van der Waals surface area contributed by atoms with E-state index in [4.69, 9.17) is 9.47 Å². The number of urea groups is 1. The number of anilines is 1. The van der Waals surface area contributed by atoms with E-state index in [-0.39, 0.29) is 29.3 Å². The standard InChI is InChI=1S/C15H20FN7O5S2/c1-22-13(12-9(20-22)4-6-23(29-12)7-5-16)30(25,26)21-15(24)19-14-17-10(27-2)8-11(18-14)28-3/h8H,4-7H2,1-3H3,(H2,17,18,19,21,24). The van der Waals surface area contributed by atoms with Crippen LogP contribution in [0.5, 0.6) is 11.8 Å². The van der Waals surface area contributed by atoms with E-state index in [1.807, 2.05) is 4.72 Å². The number of hydrogen-bond donors (Lipinski definition) is 2. The van der Waals surface area contributed by atoms with E-state index in [0.29, 0.717) is 23.6 Å². The Bertz CT molecular complexity index is 1020. The number of methoxy groups -OCH3 is 2. The van der Waals surface area contributed by atoms with E-state index in [1.54, 1.807) is 4.31 Å². The maximum absolute atomic E-state index is 12.9. The zero-order valence-corrected chi connectivity index (χ0v) is 18.0. The third-order valence-electron chi connectivity index (χ3n) is 3.98. The van der Waals surface area contributed by atoms with Crippen molar-refractivity contribution in [2.75, 3.05) is 39.3 Å². The van der Waals surface area contributed by atoms with E-state index in [2.05, 4.69) is 20.4 Å². The summed E-state index contributed by atoms with van der Waals surface area (Å²) < 4.78 is 53.2. The molecule has 164 valence electrons. The molecule has 0 saturated heterocycles. The van der Waals surface area contributed by atoms with Gasteiger partial charge in [0.25, 0.3) is 10.0 Å². The molecular formula is C15H20FN7O5S2. The van der Waals surface area contributed by atoms with E-state index in [9.17, 15) is 17.6 Å². The third-order valence-corrected chi connectivity index (χ3v) is 6.77. The number of fused-ring (bicyclic) bond motifs is 1. The fraction of sp³-hybridized carbons (Fsp3) is 0.467. The van der Waals surface area contributed by atoms with Crippen LogP contribution in [0.2, 0.25) is 0 Å². The van der Waals surface area contributed by atoms with Gasteiger partial charge in [-0.3, -0.25) is 10.00 Å². The predicted molar refractivity (Wildman–Crippen MR) is 105 cm³/mol. The second-order valence-electron chi connectivity index (χ2n) is 6.00. The number of hydrogen-bond acceptors (Lipinski definition) is 10. The lowest BCUT2D eigenvalue weighted by Gasteiger charge is -2.23. The molecule has 3 heterocycles. The van der Waals surface area contributed by atoms with Crippen molar-refractivity contribution in [1.82, 2.24) is 28.8 Å². The minimum atomic E-state index is -4.30. The minimum absolute atomic E-state index is 0.116. The van der Waals surface area contributed by atoms with Crippen LogP contribution in [-0.4, -0.2) is 72.5 Å². The molecule has 0 spiro atoms. The highest BCUT2D eigenvalue weighted by atomic mass is 32.2. The van der Waals surface area contributed by atoms with Gasteiger partial charge in [-0.05, 0) is 11.9 Å². The summed E-state index contributed by atoms with van der Waals surface area (Å²) in [4.78, 5) is 20.5. The first-order valence-electron chi connectivity index (χ1n) is 8.63. The topological polar surface area (TPSA) is 141 Å². The average Bonchev–Trinajstić information content (AvgIpc) is 3.03. The molecule has 1 aliphatic rings. The van der Waals surface area contributed by atoms with Crippen molar-refractivity contribution in [3.05, 3.63) is 11.8 Å². The molecular weight excluding hydrogens is 441 g/mol. The van der Waals surface area contributed by atoms with Gasteiger partial charge in [-0.15, -0.1) is 0 Å². The van der Waals surface area contributed by atoms with Crippen molar-refractivity contribution in [2.24, 2.45) is 7.05 Å². The Morgan fingerprint density at radius 3 is 2.57 bits per heavy atom. The van der Waals surface area contributed by atoms with Gasteiger partial charge in [0.15, 0.2) is 5.03 Å². The molecule has 12 nitrogen and oxygen atoms in total. The average molecular weight is 462 g/mol. The molecule has 2 aromatic heterocycles. The molecule has 2 amide bonds. The molecule has 0 saturated carbocycles. The Kier molecular flexibility index (Phi) is 6.62. The van der Waals surface area contributed by atoms with Crippen LogP contribution in [0.25, 0.3) is 0 Å². The second kappa shape index (κ2) is 9.01. The van der Waals surface area contributed by atoms with Crippen molar-refractivity contribution in [1.29, 1.82) is 0 Å². The van der Waals surface area contributed by atoms with Gasteiger partial charge in [0.1, 0.15) is 6.67 Å². The van der Waals surface area contributed by atoms with Crippen LogP contribution >= 0.6 is 11.9 Å². The first kappa shape index (κ1) is 22.0. The van der Waals surface area contributed by atoms with Crippen LogP contribution in [-0.2, 0) is 23.5 Å². The van der Waals surface area contributed by atoms with Gasteiger partial charge in [-0.2, -0.15) is 23.5 Å². The van der Waals surface area contributed by atoms with Gasteiger partial charge >= 0.3 is 6.03 Å². The summed E-state index contributed by atoms with van der Waals surface area (Å²) in [5, 5.41) is 6.26. The van der Waals surface area contributed by atoms with E-state index < -0.39 is 22.7 Å². The largest absolute Gasteiger partial charge is 0.481 e. The quantitative estimate of drug-likeness (QED) is 0.562. The Labute approximate surface area is 176 Å². The molecule has 1 aliphatic heterocycles. The number of sulfonamides is 1. The summed E-state index contributed by atoms with van der Waals surface area (Å²) in [7, 11) is -0.107. The summed E-state index contributed by atoms with van der Waals surface area (Å²) in [5.74, 6) is 0.0181. The zero-order chi connectivity index (χ0) is 21.9. The molecule has 15 heteroatoms. The molecule has 0 aromatic carbocycles. The van der Waals surface area contributed by atoms with E-state index >= 15 is 0 Å². The van der Waals surface area contributed by atoms with Gasteiger partial charge in [0.2, 0.25) is 17.7 Å². The number of alkyl halides is 1. The van der Waals surface area contributed by atoms with E-state index in [0.717, 1.165) is 11.9 Å². The number of carbonyl (C=O) groups is 1. The highest BCUT2D eigenvalue weighted by Crippen LogP contribution is 2.36. The number of amides is 2. The van der Waals surface area contributed by atoms with Crippen molar-refractivity contribution >= 4 is 34.0 Å². The Hall–Kier alpha value is -2.65. The first-order chi connectivity index (χ1) is 14.3. The molecule has 0 bridgehead atoms. The van der Waals surface area contributed by atoms with Crippen molar-refractivity contribution in [3.8, 4) is 11.8 Å². The SMILES string of the molecule is COc1cc(OC)nc(NC(=O)NS(=O)(=O)c2c3c(nn2C)CCN(CCF)S3)n1. The first-order valence-corrected chi connectivity index (χ1v) is 10.9. The monoisotopic (exact) mass is 461 g/mol. The number of nitrogens with one attached hydrogen (secondary N) is 2. The Balaban J connectivity index is 1.81. The Morgan fingerprint density at radius 1 is 1.30 bits per heavy atom. The smallest absolute Gasteiger partial charge is 0.335 e. The van der Waals surface area contributed by atoms with Gasteiger partial charge in [-0.1, -0.05) is 0 Å². The Morgan fingerprint density at radius 2 is 1.97 bits per heavy atom.